The van der Waals surface area contributed by atoms with Crippen molar-refractivity contribution in [1.29, 1.82) is 0 Å². The van der Waals surface area contributed by atoms with Crippen LogP contribution in [0.5, 0.6) is 5.75 Å². The molecule has 0 aliphatic carbocycles. The van der Waals surface area contributed by atoms with Crippen LogP contribution < -0.4 is 10.1 Å². The number of ether oxygens (including phenoxy) is 1. The lowest BCUT2D eigenvalue weighted by atomic mass is 9.61. The molecule has 0 atom stereocenters. The molecule has 138 valence electrons. The van der Waals surface area contributed by atoms with Gasteiger partial charge < -0.3 is 15.2 Å². The number of aryl methyl sites for hydroxylation is 1. The Morgan fingerprint density at radius 1 is 1.25 bits per heavy atom. The fourth-order valence-electron chi connectivity index (χ4n) is 2.71. The molecule has 1 aromatic heterocycles. The molecule has 0 saturated heterocycles. The lowest BCUT2D eigenvalue weighted by Gasteiger charge is -2.22. The van der Waals surface area contributed by atoms with E-state index in [0.717, 1.165) is 0 Å². The number of aliphatic hydroxyl groups is 1. The molecular weight excluding hydrogens is 359 g/mol. The minimum Gasteiger partial charge on any atom is -0.496 e. The van der Waals surface area contributed by atoms with Crippen molar-refractivity contribution < 1.29 is 19.0 Å². The van der Waals surface area contributed by atoms with Crippen LogP contribution in [0.15, 0.2) is 48.7 Å². The van der Waals surface area contributed by atoms with Crippen molar-refractivity contribution in [3.05, 3.63) is 71.3 Å². The van der Waals surface area contributed by atoms with Crippen LogP contribution >= 0.6 is 0 Å². The zero-order chi connectivity index (χ0) is 20.5. The number of halogens is 1. The molecule has 4 radical (unpaired) electrons. The summed E-state index contributed by atoms with van der Waals surface area (Å²) in [5.41, 5.74) is 2.07. The van der Waals surface area contributed by atoms with Crippen molar-refractivity contribution in [2.75, 3.05) is 12.4 Å². The summed E-state index contributed by atoms with van der Waals surface area (Å²) in [6, 6.07) is 10.3. The van der Waals surface area contributed by atoms with E-state index in [0.29, 0.717) is 22.6 Å². The van der Waals surface area contributed by atoms with E-state index >= 15 is 0 Å². The zero-order valence-electron chi connectivity index (χ0n) is 15.3. The number of benzene rings is 2. The van der Waals surface area contributed by atoms with Gasteiger partial charge in [-0.2, -0.15) is 5.10 Å². The maximum Gasteiger partial charge on any atom is 0.259 e. The first-order chi connectivity index (χ1) is 13.2. The molecule has 0 fully saturated rings. The fourth-order valence-corrected chi connectivity index (χ4v) is 2.71. The highest BCUT2D eigenvalue weighted by atomic mass is 19.1. The molecule has 0 aliphatic heterocycles. The summed E-state index contributed by atoms with van der Waals surface area (Å²) in [5.74, 6) is -0.523. The van der Waals surface area contributed by atoms with Gasteiger partial charge in [0.2, 0.25) is 0 Å². The Bertz CT molecular complexity index is 1010. The average molecular weight is 375 g/mol. The van der Waals surface area contributed by atoms with E-state index in [4.69, 9.17) is 20.4 Å². The van der Waals surface area contributed by atoms with Gasteiger partial charge in [-0.25, -0.2) is 9.07 Å². The van der Waals surface area contributed by atoms with E-state index in [1.54, 1.807) is 31.3 Å². The van der Waals surface area contributed by atoms with Gasteiger partial charge in [0, 0.05) is 28.9 Å². The Morgan fingerprint density at radius 2 is 1.93 bits per heavy atom. The van der Waals surface area contributed by atoms with Gasteiger partial charge in [0.25, 0.3) is 5.91 Å². The van der Waals surface area contributed by atoms with E-state index in [2.05, 4.69) is 10.4 Å². The van der Waals surface area contributed by atoms with Crippen molar-refractivity contribution >= 4 is 27.3 Å². The molecule has 1 heterocycles. The molecule has 3 aromatic rings. The minimum atomic E-state index is -2.07. The van der Waals surface area contributed by atoms with Gasteiger partial charge in [0.1, 0.15) is 27.3 Å². The van der Waals surface area contributed by atoms with Crippen molar-refractivity contribution in [1.82, 2.24) is 9.78 Å². The lowest BCUT2D eigenvalue weighted by Crippen LogP contribution is -2.26. The van der Waals surface area contributed by atoms with Crippen molar-refractivity contribution in [3.63, 3.8) is 0 Å². The highest BCUT2D eigenvalue weighted by Crippen LogP contribution is 2.29. The van der Waals surface area contributed by atoms with Crippen LogP contribution in [0, 0.1) is 12.7 Å². The second-order valence-corrected chi connectivity index (χ2v) is 6.24. The Balaban J connectivity index is 1.85. The van der Waals surface area contributed by atoms with E-state index < -0.39 is 11.3 Å². The number of hydrogen-bond donors (Lipinski definition) is 2. The number of nitrogens with one attached hydrogen (secondary N) is 1. The van der Waals surface area contributed by atoms with Crippen LogP contribution in [0.1, 0.15) is 21.6 Å². The summed E-state index contributed by atoms with van der Waals surface area (Å²) in [7, 11) is 12.4. The van der Waals surface area contributed by atoms with E-state index in [1.165, 1.54) is 36.1 Å². The highest BCUT2D eigenvalue weighted by molar-refractivity contribution is 6.38. The molecule has 2 N–H and O–H groups in total. The molecule has 9 heteroatoms. The van der Waals surface area contributed by atoms with Crippen LogP contribution in [0.2, 0.25) is 0 Å². The SMILES string of the molecule is [B]C([B])(O)c1ccc(NC(=O)c2cn(-c3ccc(F)cc3)nc2C)cc1OC. The number of carbonyl (C=O) groups is 1. The Kier molecular flexibility index (Phi) is 5.29. The Morgan fingerprint density at radius 3 is 2.54 bits per heavy atom. The van der Waals surface area contributed by atoms with Gasteiger partial charge in [0.15, 0.2) is 0 Å². The van der Waals surface area contributed by atoms with Crippen molar-refractivity contribution in [3.8, 4) is 11.4 Å². The van der Waals surface area contributed by atoms with Crippen LogP contribution in [-0.2, 0) is 5.40 Å². The Labute approximate surface area is 164 Å². The standard InChI is InChI=1S/C19H16B2FN3O3/c1-11-15(10-25(24-11)14-6-3-12(22)4-7-14)18(26)23-13-5-8-16(19(20,21)27)17(9-13)28-2/h3-10,27H,1-2H3,(H,23,26). The summed E-state index contributed by atoms with van der Waals surface area (Å²) in [6.45, 7) is 1.70. The van der Waals surface area contributed by atoms with Gasteiger partial charge in [-0.15, -0.1) is 0 Å². The fraction of sp³-hybridized carbons (Fsp3) is 0.158. The van der Waals surface area contributed by atoms with Crippen LogP contribution in [0.25, 0.3) is 5.69 Å². The first-order valence-electron chi connectivity index (χ1n) is 8.31. The van der Waals surface area contributed by atoms with Gasteiger partial charge in [0.05, 0.1) is 24.1 Å². The van der Waals surface area contributed by atoms with Crippen molar-refractivity contribution in [2.45, 2.75) is 12.3 Å². The largest absolute Gasteiger partial charge is 0.496 e. The van der Waals surface area contributed by atoms with Gasteiger partial charge in [-0.1, -0.05) is 6.07 Å². The van der Waals surface area contributed by atoms with E-state index in [9.17, 15) is 14.3 Å². The quantitative estimate of drug-likeness (QED) is 0.670. The van der Waals surface area contributed by atoms with Crippen LogP contribution in [0.4, 0.5) is 10.1 Å². The lowest BCUT2D eigenvalue weighted by molar-refractivity contribution is 0.102. The predicted molar refractivity (Wildman–Crippen MR) is 105 cm³/mol. The maximum atomic E-state index is 13.1. The maximum absolute atomic E-state index is 13.1. The topological polar surface area (TPSA) is 76.4 Å². The molecule has 0 aliphatic rings. The number of methoxy groups -OCH3 is 1. The molecule has 0 bridgehead atoms. The second-order valence-electron chi connectivity index (χ2n) is 6.24. The van der Waals surface area contributed by atoms with Gasteiger partial charge >= 0.3 is 0 Å². The summed E-state index contributed by atoms with van der Waals surface area (Å²) in [4.78, 5) is 12.7. The molecule has 0 unspecified atom stereocenters. The molecule has 6 nitrogen and oxygen atoms in total. The molecule has 3 rings (SSSR count). The minimum absolute atomic E-state index is 0.174. The second kappa shape index (κ2) is 7.52. The smallest absolute Gasteiger partial charge is 0.259 e. The Hall–Kier alpha value is -3.06. The number of carbonyl (C=O) groups excluding carboxylic acids is 1. The third-order valence-electron chi connectivity index (χ3n) is 4.13. The third kappa shape index (κ3) is 4.09. The molecule has 0 saturated carbocycles. The monoisotopic (exact) mass is 375 g/mol. The summed E-state index contributed by atoms with van der Waals surface area (Å²) < 4.78 is 19.8. The number of anilines is 1. The first kappa shape index (κ1) is 19.7. The van der Waals surface area contributed by atoms with E-state index in [-0.39, 0.29) is 17.1 Å². The van der Waals surface area contributed by atoms with E-state index in [1.807, 2.05) is 0 Å². The normalized spacial score (nSPS) is 11.3. The molecular formula is C19H16B2FN3O3. The van der Waals surface area contributed by atoms with Crippen LogP contribution in [-0.4, -0.2) is 43.6 Å². The molecule has 0 spiro atoms. The summed E-state index contributed by atoms with van der Waals surface area (Å²) in [5, 5.41) is 14.7. The average Bonchev–Trinajstić information content (AvgIpc) is 3.03. The van der Waals surface area contributed by atoms with Crippen molar-refractivity contribution in [2.24, 2.45) is 0 Å². The number of rotatable bonds is 5. The predicted octanol–water partition coefficient (Wildman–Crippen LogP) is 2.02. The summed E-state index contributed by atoms with van der Waals surface area (Å²) >= 11 is 0. The molecule has 2 aromatic carbocycles. The number of amides is 1. The van der Waals surface area contributed by atoms with Gasteiger partial charge in [-0.3, -0.25) is 4.79 Å². The highest BCUT2D eigenvalue weighted by Gasteiger charge is 2.21. The number of aromatic nitrogens is 2. The number of nitrogens with zero attached hydrogens (tertiary/aromatic N) is 2. The third-order valence-corrected chi connectivity index (χ3v) is 4.13. The summed E-state index contributed by atoms with van der Waals surface area (Å²) in [6.07, 6.45) is 1.56. The molecule has 1 amide bonds. The first-order valence-corrected chi connectivity index (χ1v) is 8.31. The van der Waals surface area contributed by atoms with Gasteiger partial charge in [-0.05, 0) is 37.3 Å². The molecule has 28 heavy (non-hydrogen) atoms. The zero-order valence-corrected chi connectivity index (χ0v) is 15.3. The van der Waals surface area contributed by atoms with Crippen LogP contribution in [0.3, 0.4) is 0 Å². The number of hydrogen-bond acceptors (Lipinski definition) is 4.